The molecule has 1 aromatic heterocycles. The van der Waals surface area contributed by atoms with Gasteiger partial charge in [0.1, 0.15) is 0 Å². The summed E-state index contributed by atoms with van der Waals surface area (Å²) in [4.78, 5) is 16.2. The van der Waals surface area contributed by atoms with Crippen molar-refractivity contribution < 1.29 is 4.79 Å². The highest BCUT2D eigenvalue weighted by Crippen LogP contribution is 2.15. The molecule has 2 aromatic rings. The van der Waals surface area contributed by atoms with E-state index >= 15 is 0 Å². The maximum atomic E-state index is 12.2. The molecule has 4 nitrogen and oxygen atoms in total. The molecule has 0 saturated heterocycles. The van der Waals surface area contributed by atoms with Crippen LogP contribution < -0.4 is 10.6 Å². The third-order valence-corrected chi connectivity index (χ3v) is 3.27. The first kappa shape index (κ1) is 14.1. The van der Waals surface area contributed by atoms with Gasteiger partial charge in [-0.2, -0.15) is 0 Å². The molecule has 0 fully saturated rings. The lowest BCUT2D eigenvalue weighted by Gasteiger charge is -2.14. The van der Waals surface area contributed by atoms with E-state index < -0.39 is 0 Å². The number of amides is 1. The normalized spacial score (nSPS) is 11.7. The first-order chi connectivity index (χ1) is 9.72. The minimum absolute atomic E-state index is 0.106. The van der Waals surface area contributed by atoms with Crippen LogP contribution in [-0.4, -0.2) is 24.5 Å². The lowest BCUT2D eigenvalue weighted by molar-refractivity contribution is 0.0952. The zero-order chi connectivity index (χ0) is 14.4. The van der Waals surface area contributed by atoms with Crippen LogP contribution >= 0.6 is 0 Å². The van der Waals surface area contributed by atoms with Crippen molar-refractivity contribution >= 4 is 11.6 Å². The molecule has 0 spiro atoms. The molecule has 0 radical (unpaired) electrons. The summed E-state index contributed by atoms with van der Waals surface area (Å²) in [5.41, 5.74) is 2.56. The highest BCUT2D eigenvalue weighted by atomic mass is 16.1. The smallest absolute Gasteiger partial charge is 0.254 e. The number of aromatic nitrogens is 1. The lowest BCUT2D eigenvalue weighted by Crippen LogP contribution is -2.28. The van der Waals surface area contributed by atoms with Crippen molar-refractivity contribution in [2.24, 2.45) is 0 Å². The van der Waals surface area contributed by atoms with Gasteiger partial charge in [0, 0.05) is 31.7 Å². The Kier molecular flexibility index (Phi) is 4.71. The first-order valence-electron chi connectivity index (χ1n) is 6.67. The molecule has 1 aromatic carbocycles. The quantitative estimate of drug-likeness (QED) is 0.877. The average Bonchev–Trinajstić information content (AvgIpc) is 2.53. The van der Waals surface area contributed by atoms with Crippen LogP contribution in [0.2, 0.25) is 0 Å². The molecule has 20 heavy (non-hydrogen) atoms. The SMILES string of the molecule is CNc1ccncc1C(=O)NCC(C)c1ccccc1. The molecule has 104 valence electrons. The van der Waals surface area contributed by atoms with E-state index in [0.717, 1.165) is 5.69 Å². The van der Waals surface area contributed by atoms with Crippen molar-refractivity contribution in [1.29, 1.82) is 0 Å². The Morgan fingerprint density at radius 1 is 1.25 bits per heavy atom. The summed E-state index contributed by atoms with van der Waals surface area (Å²) in [6, 6.07) is 11.9. The second kappa shape index (κ2) is 6.70. The third kappa shape index (κ3) is 3.35. The maximum Gasteiger partial charge on any atom is 0.254 e. The number of nitrogens with one attached hydrogen (secondary N) is 2. The van der Waals surface area contributed by atoms with Crippen molar-refractivity contribution in [3.05, 3.63) is 59.9 Å². The van der Waals surface area contributed by atoms with E-state index in [4.69, 9.17) is 0 Å². The van der Waals surface area contributed by atoms with Gasteiger partial charge in [0.05, 0.1) is 5.56 Å². The molecular formula is C16H19N3O. The topological polar surface area (TPSA) is 54.0 Å². The number of carbonyl (C=O) groups excluding carboxylic acids is 1. The van der Waals surface area contributed by atoms with Crippen LogP contribution in [0.25, 0.3) is 0 Å². The Hall–Kier alpha value is -2.36. The predicted molar refractivity (Wildman–Crippen MR) is 81.0 cm³/mol. The van der Waals surface area contributed by atoms with E-state index in [2.05, 4.69) is 34.7 Å². The zero-order valence-corrected chi connectivity index (χ0v) is 11.8. The Labute approximate surface area is 119 Å². The molecule has 1 amide bonds. The molecule has 0 saturated carbocycles. The Morgan fingerprint density at radius 2 is 2.00 bits per heavy atom. The van der Waals surface area contributed by atoms with Gasteiger partial charge in [-0.25, -0.2) is 0 Å². The van der Waals surface area contributed by atoms with Crippen molar-refractivity contribution in [1.82, 2.24) is 10.3 Å². The van der Waals surface area contributed by atoms with Crippen molar-refractivity contribution in [2.75, 3.05) is 18.9 Å². The van der Waals surface area contributed by atoms with Crippen molar-refractivity contribution in [2.45, 2.75) is 12.8 Å². The van der Waals surface area contributed by atoms with Crippen LogP contribution in [0.15, 0.2) is 48.8 Å². The second-order valence-corrected chi connectivity index (χ2v) is 4.69. The molecule has 1 atom stereocenters. The van der Waals surface area contributed by atoms with Crippen LogP contribution in [0, 0.1) is 0 Å². The predicted octanol–water partition coefficient (Wildman–Crippen LogP) is 2.66. The van der Waals surface area contributed by atoms with E-state index in [0.29, 0.717) is 12.1 Å². The van der Waals surface area contributed by atoms with E-state index in [1.54, 1.807) is 25.5 Å². The van der Waals surface area contributed by atoms with E-state index in [-0.39, 0.29) is 11.8 Å². The number of nitrogens with zero attached hydrogens (tertiary/aromatic N) is 1. The molecule has 0 aliphatic heterocycles. The number of benzene rings is 1. The maximum absolute atomic E-state index is 12.2. The van der Waals surface area contributed by atoms with Crippen molar-refractivity contribution in [3.63, 3.8) is 0 Å². The molecular weight excluding hydrogens is 250 g/mol. The van der Waals surface area contributed by atoms with Crippen LogP contribution in [0.3, 0.4) is 0 Å². The molecule has 1 heterocycles. The first-order valence-corrected chi connectivity index (χ1v) is 6.67. The summed E-state index contributed by atoms with van der Waals surface area (Å²) in [7, 11) is 1.79. The van der Waals surface area contributed by atoms with E-state index in [1.807, 2.05) is 18.2 Å². The van der Waals surface area contributed by atoms with Crippen molar-refractivity contribution in [3.8, 4) is 0 Å². The minimum Gasteiger partial charge on any atom is -0.387 e. The largest absolute Gasteiger partial charge is 0.387 e. The summed E-state index contributed by atoms with van der Waals surface area (Å²) in [5, 5.41) is 5.95. The standard InChI is InChI=1S/C16H19N3O/c1-12(13-6-4-3-5-7-13)10-19-16(20)14-11-18-9-8-15(14)17-2/h3-9,11-12H,10H2,1-2H3,(H,17,18)(H,19,20). The van der Waals surface area contributed by atoms with Crippen LogP contribution in [-0.2, 0) is 0 Å². The summed E-state index contributed by atoms with van der Waals surface area (Å²) in [6.07, 6.45) is 3.24. The zero-order valence-electron chi connectivity index (χ0n) is 11.8. The molecule has 0 aliphatic rings. The fourth-order valence-corrected chi connectivity index (χ4v) is 2.03. The highest BCUT2D eigenvalue weighted by molar-refractivity contribution is 5.99. The minimum atomic E-state index is -0.106. The van der Waals surface area contributed by atoms with Gasteiger partial charge in [-0.3, -0.25) is 9.78 Å². The lowest BCUT2D eigenvalue weighted by atomic mass is 10.0. The van der Waals surface area contributed by atoms with Crippen LogP contribution in [0.5, 0.6) is 0 Å². The summed E-state index contributed by atoms with van der Waals surface area (Å²) < 4.78 is 0. The fourth-order valence-electron chi connectivity index (χ4n) is 2.03. The average molecular weight is 269 g/mol. The van der Waals surface area contributed by atoms with Gasteiger partial charge in [0.25, 0.3) is 5.91 Å². The molecule has 2 rings (SSSR count). The van der Waals surface area contributed by atoms with Gasteiger partial charge in [-0.05, 0) is 17.5 Å². The molecule has 4 heteroatoms. The summed E-state index contributed by atoms with van der Waals surface area (Å²) >= 11 is 0. The van der Waals surface area contributed by atoms with E-state index in [9.17, 15) is 4.79 Å². The fraction of sp³-hybridized carbons (Fsp3) is 0.250. The molecule has 0 bridgehead atoms. The monoisotopic (exact) mass is 269 g/mol. The number of hydrogen-bond acceptors (Lipinski definition) is 3. The van der Waals surface area contributed by atoms with Gasteiger partial charge >= 0.3 is 0 Å². The van der Waals surface area contributed by atoms with Gasteiger partial charge in [0.2, 0.25) is 0 Å². The molecule has 2 N–H and O–H groups in total. The van der Waals surface area contributed by atoms with Gasteiger partial charge in [-0.15, -0.1) is 0 Å². The summed E-state index contributed by atoms with van der Waals surface area (Å²) in [6.45, 7) is 2.69. The number of carbonyl (C=O) groups is 1. The van der Waals surface area contributed by atoms with Gasteiger partial charge in [0.15, 0.2) is 0 Å². The van der Waals surface area contributed by atoms with E-state index in [1.165, 1.54) is 5.56 Å². The van der Waals surface area contributed by atoms with Gasteiger partial charge in [-0.1, -0.05) is 37.3 Å². The van der Waals surface area contributed by atoms with Crippen LogP contribution in [0.4, 0.5) is 5.69 Å². The second-order valence-electron chi connectivity index (χ2n) is 4.69. The Morgan fingerprint density at radius 3 is 2.70 bits per heavy atom. The summed E-state index contributed by atoms with van der Waals surface area (Å²) in [5.74, 6) is 0.167. The number of rotatable bonds is 5. The number of anilines is 1. The number of pyridine rings is 1. The third-order valence-electron chi connectivity index (χ3n) is 3.27. The van der Waals surface area contributed by atoms with Crippen LogP contribution in [0.1, 0.15) is 28.8 Å². The molecule has 1 unspecified atom stereocenters. The Bertz CT molecular complexity index is 569. The Balaban J connectivity index is 1.99. The number of hydrogen-bond donors (Lipinski definition) is 2. The highest BCUT2D eigenvalue weighted by Gasteiger charge is 2.12. The van der Waals surface area contributed by atoms with Gasteiger partial charge < -0.3 is 10.6 Å². The molecule has 0 aliphatic carbocycles.